The second-order valence-corrected chi connectivity index (χ2v) is 6.54. The first-order valence-corrected chi connectivity index (χ1v) is 8.70. The predicted octanol–water partition coefficient (Wildman–Crippen LogP) is 4.00. The van der Waals surface area contributed by atoms with Crippen LogP contribution in [0.4, 0.5) is 0 Å². The first-order valence-electron chi connectivity index (χ1n) is 8.70. The van der Waals surface area contributed by atoms with Gasteiger partial charge in [0.25, 0.3) is 0 Å². The summed E-state index contributed by atoms with van der Waals surface area (Å²) in [6, 6.07) is 6.48. The average molecular weight is 305 g/mol. The van der Waals surface area contributed by atoms with Crippen molar-refractivity contribution in [1.82, 2.24) is 4.90 Å². The number of nitrogens with zero attached hydrogens (tertiary/aromatic N) is 1. The molecule has 0 amide bonds. The second kappa shape index (κ2) is 9.16. The molecule has 1 aromatic rings. The van der Waals surface area contributed by atoms with Gasteiger partial charge in [-0.25, -0.2) is 0 Å². The number of aryl methyl sites for hydroxylation is 1. The highest BCUT2D eigenvalue weighted by atomic mass is 16.5. The highest BCUT2D eigenvalue weighted by molar-refractivity contribution is 5.37. The van der Waals surface area contributed by atoms with Gasteiger partial charge in [0.05, 0.1) is 13.2 Å². The molecular formula is C19H31NO2. The molecule has 1 aromatic carbocycles. The minimum absolute atomic E-state index is 0.531. The van der Waals surface area contributed by atoms with E-state index in [1.165, 1.54) is 43.5 Å². The lowest BCUT2D eigenvalue weighted by atomic mass is 10.0. The summed E-state index contributed by atoms with van der Waals surface area (Å²) in [5.41, 5.74) is 2.52. The van der Waals surface area contributed by atoms with E-state index in [4.69, 9.17) is 9.47 Å². The predicted molar refractivity (Wildman–Crippen MR) is 91.9 cm³/mol. The molecule has 2 rings (SSSR count). The lowest BCUT2D eigenvalue weighted by molar-refractivity contribution is 0.0749. The topological polar surface area (TPSA) is 21.7 Å². The summed E-state index contributed by atoms with van der Waals surface area (Å²) in [5.74, 6) is 1.52. The van der Waals surface area contributed by atoms with Gasteiger partial charge in [-0.1, -0.05) is 32.4 Å². The molecule has 0 unspecified atom stereocenters. The molecule has 0 aliphatic carbocycles. The third-order valence-corrected chi connectivity index (χ3v) is 4.36. The largest absolute Gasteiger partial charge is 0.491 e. The zero-order valence-corrected chi connectivity index (χ0v) is 14.4. The Morgan fingerprint density at radius 3 is 2.55 bits per heavy atom. The fourth-order valence-electron chi connectivity index (χ4n) is 2.82. The summed E-state index contributed by atoms with van der Waals surface area (Å²) < 4.78 is 11.6. The van der Waals surface area contributed by atoms with Crippen LogP contribution in [0.5, 0.6) is 5.75 Å². The Morgan fingerprint density at radius 2 is 1.82 bits per heavy atom. The number of rotatable bonds is 8. The highest BCUT2D eigenvalue weighted by Crippen LogP contribution is 2.24. The molecule has 1 fully saturated rings. The number of likely N-dealkylation sites (tertiary alicyclic amines) is 1. The van der Waals surface area contributed by atoms with Gasteiger partial charge in [-0.15, -0.1) is 0 Å². The van der Waals surface area contributed by atoms with E-state index in [1.807, 2.05) is 0 Å². The molecule has 1 heterocycles. The number of piperidine rings is 1. The van der Waals surface area contributed by atoms with Crippen LogP contribution in [0.1, 0.15) is 50.2 Å². The summed E-state index contributed by atoms with van der Waals surface area (Å²) in [7, 11) is 0. The van der Waals surface area contributed by atoms with Gasteiger partial charge >= 0.3 is 0 Å². The summed E-state index contributed by atoms with van der Waals surface area (Å²) in [6.45, 7) is 12.1. The Hall–Kier alpha value is -1.06. The first kappa shape index (κ1) is 17.3. The zero-order chi connectivity index (χ0) is 15.8. The molecule has 1 aliphatic rings. The first-order chi connectivity index (χ1) is 10.7. The molecule has 0 bridgehead atoms. The Bertz CT molecular complexity index is 439. The Kier molecular flexibility index (Phi) is 7.20. The van der Waals surface area contributed by atoms with Crippen molar-refractivity contribution in [3.63, 3.8) is 0 Å². The molecule has 3 nitrogen and oxygen atoms in total. The quantitative estimate of drug-likeness (QED) is 0.678. The third-order valence-electron chi connectivity index (χ3n) is 4.36. The smallest absolute Gasteiger partial charge is 0.122 e. The van der Waals surface area contributed by atoms with E-state index >= 15 is 0 Å². The summed E-state index contributed by atoms with van der Waals surface area (Å²) >= 11 is 0. The Balaban J connectivity index is 1.63. The molecule has 3 heteroatoms. The SMILES string of the molecule is Cc1ccc(C(C)C)cc1OCCOCCN1CCCCC1. The molecule has 1 saturated heterocycles. The van der Waals surface area contributed by atoms with E-state index in [9.17, 15) is 0 Å². The monoisotopic (exact) mass is 305 g/mol. The van der Waals surface area contributed by atoms with Gasteiger partial charge in [-0.2, -0.15) is 0 Å². The van der Waals surface area contributed by atoms with Crippen molar-refractivity contribution in [1.29, 1.82) is 0 Å². The minimum Gasteiger partial charge on any atom is -0.491 e. The van der Waals surface area contributed by atoms with Crippen molar-refractivity contribution in [3.05, 3.63) is 29.3 Å². The van der Waals surface area contributed by atoms with Crippen molar-refractivity contribution in [2.45, 2.75) is 46.0 Å². The van der Waals surface area contributed by atoms with E-state index in [-0.39, 0.29) is 0 Å². The van der Waals surface area contributed by atoms with Crippen LogP contribution in [-0.4, -0.2) is 44.4 Å². The van der Waals surface area contributed by atoms with Gasteiger partial charge in [-0.05, 0) is 56.0 Å². The van der Waals surface area contributed by atoms with Crippen molar-refractivity contribution in [2.24, 2.45) is 0 Å². The van der Waals surface area contributed by atoms with Crippen LogP contribution in [0.3, 0.4) is 0 Å². The van der Waals surface area contributed by atoms with Crippen LogP contribution in [0.15, 0.2) is 18.2 Å². The Labute approximate surface area is 135 Å². The fraction of sp³-hybridized carbons (Fsp3) is 0.684. The van der Waals surface area contributed by atoms with Gasteiger partial charge < -0.3 is 14.4 Å². The van der Waals surface area contributed by atoms with Crippen molar-refractivity contribution < 1.29 is 9.47 Å². The molecule has 22 heavy (non-hydrogen) atoms. The van der Waals surface area contributed by atoms with Gasteiger partial charge in [0, 0.05) is 6.54 Å². The summed E-state index contributed by atoms with van der Waals surface area (Å²) in [5, 5.41) is 0. The van der Waals surface area contributed by atoms with Crippen molar-refractivity contribution in [2.75, 3.05) is 39.5 Å². The molecular weight excluding hydrogens is 274 g/mol. The second-order valence-electron chi connectivity index (χ2n) is 6.54. The average Bonchev–Trinajstić information content (AvgIpc) is 2.53. The van der Waals surface area contributed by atoms with Crippen LogP contribution < -0.4 is 4.74 Å². The molecule has 0 spiro atoms. The van der Waals surface area contributed by atoms with E-state index in [1.54, 1.807) is 0 Å². The van der Waals surface area contributed by atoms with Crippen LogP contribution >= 0.6 is 0 Å². The minimum atomic E-state index is 0.531. The van der Waals surface area contributed by atoms with Gasteiger partial charge in [-0.3, -0.25) is 0 Å². The normalized spacial score (nSPS) is 16.2. The number of hydrogen-bond donors (Lipinski definition) is 0. The molecule has 124 valence electrons. The lowest BCUT2D eigenvalue weighted by Crippen LogP contribution is -2.32. The zero-order valence-electron chi connectivity index (χ0n) is 14.4. The number of ether oxygens (including phenoxy) is 2. The van der Waals surface area contributed by atoms with Crippen LogP contribution in [0.25, 0.3) is 0 Å². The molecule has 0 saturated carbocycles. The van der Waals surface area contributed by atoms with Crippen molar-refractivity contribution in [3.8, 4) is 5.75 Å². The van der Waals surface area contributed by atoms with E-state index in [0.717, 1.165) is 18.9 Å². The summed E-state index contributed by atoms with van der Waals surface area (Å²) in [4.78, 5) is 2.50. The van der Waals surface area contributed by atoms with E-state index < -0.39 is 0 Å². The van der Waals surface area contributed by atoms with Gasteiger partial charge in [0.15, 0.2) is 0 Å². The number of benzene rings is 1. The molecule has 0 aromatic heterocycles. The molecule has 0 radical (unpaired) electrons. The maximum absolute atomic E-state index is 5.88. The standard InChI is InChI=1S/C19H31NO2/c1-16(2)18-8-7-17(3)19(15-18)22-14-13-21-12-11-20-9-5-4-6-10-20/h7-8,15-16H,4-6,9-14H2,1-3H3. The third kappa shape index (κ3) is 5.62. The highest BCUT2D eigenvalue weighted by Gasteiger charge is 2.09. The summed E-state index contributed by atoms with van der Waals surface area (Å²) in [6.07, 6.45) is 4.07. The van der Waals surface area contributed by atoms with Crippen LogP contribution in [-0.2, 0) is 4.74 Å². The maximum atomic E-state index is 5.88. The maximum Gasteiger partial charge on any atom is 0.122 e. The van der Waals surface area contributed by atoms with Crippen LogP contribution in [0, 0.1) is 6.92 Å². The fourth-order valence-corrected chi connectivity index (χ4v) is 2.82. The molecule has 0 atom stereocenters. The van der Waals surface area contributed by atoms with Crippen LogP contribution in [0.2, 0.25) is 0 Å². The number of hydrogen-bond acceptors (Lipinski definition) is 3. The van der Waals surface area contributed by atoms with E-state index in [2.05, 4.69) is 43.9 Å². The lowest BCUT2D eigenvalue weighted by Gasteiger charge is -2.26. The van der Waals surface area contributed by atoms with Gasteiger partial charge in [0.2, 0.25) is 0 Å². The molecule has 1 aliphatic heterocycles. The molecule has 0 N–H and O–H groups in total. The Morgan fingerprint density at radius 1 is 1.05 bits per heavy atom. The van der Waals surface area contributed by atoms with Gasteiger partial charge in [0.1, 0.15) is 12.4 Å². The van der Waals surface area contributed by atoms with E-state index in [0.29, 0.717) is 19.1 Å². The van der Waals surface area contributed by atoms with Crippen molar-refractivity contribution >= 4 is 0 Å².